The molecule has 0 saturated carbocycles. The first-order valence-electron chi connectivity index (χ1n) is 9.56. The van der Waals surface area contributed by atoms with Gasteiger partial charge in [0.05, 0.1) is 5.75 Å². The van der Waals surface area contributed by atoms with Crippen LogP contribution in [0.25, 0.3) is 0 Å². The fourth-order valence-corrected chi connectivity index (χ4v) is 5.21. The number of aromatic nitrogens is 2. The second kappa shape index (κ2) is 10.2. The Morgan fingerprint density at radius 1 is 1.33 bits per heavy atom. The molecular weight excluding hydrogens is 376 g/mol. The summed E-state index contributed by atoms with van der Waals surface area (Å²) in [6, 6.07) is 11.0. The van der Waals surface area contributed by atoms with E-state index in [-0.39, 0.29) is 5.91 Å². The average molecular weight is 405 g/mol. The lowest BCUT2D eigenvalue weighted by atomic mass is 10.0. The van der Waals surface area contributed by atoms with Crippen molar-refractivity contribution in [3.05, 3.63) is 40.9 Å². The molecule has 0 bridgehead atoms. The summed E-state index contributed by atoms with van der Waals surface area (Å²) in [5.74, 6) is 0.624. The van der Waals surface area contributed by atoms with Crippen molar-refractivity contribution in [3.63, 3.8) is 0 Å². The van der Waals surface area contributed by atoms with E-state index in [1.807, 2.05) is 18.9 Å². The fraction of sp³-hybridized carbons (Fsp3) is 0.550. The standard InChI is InChI=1S/C20H28N4OS2/c1-16-21-22-20(27-16)26-15-19(25)23(2)18-11-7-13-24(14-18)12-6-10-17-8-4-3-5-9-17/h3-5,8-9,18H,6-7,10-15H2,1-2H3/t18-/m1/s1. The highest BCUT2D eigenvalue weighted by Crippen LogP contribution is 2.23. The molecule has 1 aromatic carbocycles. The number of hydrogen-bond donors (Lipinski definition) is 0. The Balaban J connectivity index is 1.41. The fourth-order valence-electron chi connectivity index (χ4n) is 3.47. The van der Waals surface area contributed by atoms with Crippen LogP contribution >= 0.6 is 23.1 Å². The van der Waals surface area contributed by atoms with Crippen LogP contribution < -0.4 is 0 Å². The minimum Gasteiger partial charge on any atom is -0.341 e. The Morgan fingerprint density at radius 2 is 2.15 bits per heavy atom. The molecule has 0 spiro atoms. The van der Waals surface area contributed by atoms with Gasteiger partial charge in [0.25, 0.3) is 0 Å². The second-order valence-electron chi connectivity index (χ2n) is 7.07. The third kappa shape index (κ3) is 6.30. The zero-order chi connectivity index (χ0) is 19.1. The molecule has 1 saturated heterocycles. The van der Waals surface area contributed by atoms with Crippen molar-refractivity contribution < 1.29 is 4.79 Å². The van der Waals surface area contributed by atoms with E-state index in [1.165, 1.54) is 23.7 Å². The third-order valence-corrected chi connectivity index (χ3v) is 6.99. The van der Waals surface area contributed by atoms with E-state index in [0.29, 0.717) is 11.8 Å². The van der Waals surface area contributed by atoms with Gasteiger partial charge in [-0.05, 0) is 51.3 Å². The first-order chi connectivity index (χ1) is 13.1. The Hall–Kier alpha value is -1.44. The Morgan fingerprint density at radius 3 is 2.89 bits per heavy atom. The summed E-state index contributed by atoms with van der Waals surface area (Å²) in [6.45, 7) is 5.17. The van der Waals surface area contributed by atoms with Crippen LogP contribution in [0.3, 0.4) is 0 Å². The van der Waals surface area contributed by atoms with Gasteiger partial charge in [-0.15, -0.1) is 10.2 Å². The first-order valence-corrected chi connectivity index (χ1v) is 11.4. The van der Waals surface area contributed by atoms with Crippen molar-refractivity contribution >= 4 is 29.0 Å². The number of likely N-dealkylation sites (tertiary alicyclic amines) is 1. The zero-order valence-electron chi connectivity index (χ0n) is 16.1. The van der Waals surface area contributed by atoms with Gasteiger partial charge >= 0.3 is 0 Å². The summed E-state index contributed by atoms with van der Waals surface area (Å²) < 4.78 is 0.875. The molecule has 146 valence electrons. The van der Waals surface area contributed by atoms with Gasteiger partial charge in [-0.25, -0.2) is 0 Å². The van der Waals surface area contributed by atoms with Crippen LogP contribution in [0.2, 0.25) is 0 Å². The summed E-state index contributed by atoms with van der Waals surface area (Å²) in [6.07, 6.45) is 4.55. The van der Waals surface area contributed by atoms with Crippen LogP contribution in [0, 0.1) is 6.92 Å². The van der Waals surface area contributed by atoms with Gasteiger partial charge in [-0.2, -0.15) is 0 Å². The van der Waals surface area contributed by atoms with Gasteiger partial charge in [-0.1, -0.05) is 53.4 Å². The Bertz CT molecular complexity index is 722. The minimum absolute atomic E-state index is 0.184. The highest BCUT2D eigenvalue weighted by molar-refractivity contribution is 8.01. The maximum atomic E-state index is 12.6. The van der Waals surface area contributed by atoms with Crippen LogP contribution in [0.1, 0.15) is 29.8 Å². The lowest BCUT2D eigenvalue weighted by Crippen LogP contribution is -2.49. The molecule has 1 aliphatic heterocycles. The summed E-state index contributed by atoms with van der Waals surface area (Å²) in [5.41, 5.74) is 1.40. The van der Waals surface area contributed by atoms with E-state index in [0.717, 1.165) is 48.2 Å². The molecule has 0 radical (unpaired) electrons. The zero-order valence-corrected chi connectivity index (χ0v) is 17.8. The highest BCUT2D eigenvalue weighted by Gasteiger charge is 2.26. The molecule has 1 aliphatic rings. The SMILES string of the molecule is Cc1nnc(SCC(=O)N(C)[C@@H]2CCCN(CCCc3ccccc3)C2)s1. The number of carbonyl (C=O) groups is 1. The van der Waals surface area contributed by atoms with Crippen molar-refractivity contribution in [1.82, 2.24) is 20.0 Å². The molecule has 3 rings (SSSR count). The smallest absolute Gasteiger partial charge is 0.233 e. The van der Waals surface area contributed by atoms with E-state index in [9.17, 15) is 4.79 Å². The molecule has 0 unspecified atom stereocenters. The molecule has 5 nitrogen and oxygen atoms in total. The Kier molecular flexibility index (Phi) is 7.67. The summed E-state index contributed by atoms with van der Waals surface area (Å²) in [7, 11) is 1.95. The molecule has 2 heterocycles. The third-order valence-electron chi connectivity index (χ3n) is 5.03. The molecule has 1 aromatic heterocycles. The van der Waals surface area contributed by atoms with Gasteiger partial charge in [0.2, 0.25) is 5.91 Å². The number of hydrogen-bond acceptors (Lipinski definition) is 6. The summed E-state index contributed by atoms with van der Waals surface area (Å²) in [4.78, 5) is 17.0. The number of benzene rings is 1. The molecule has 27 heavy (non-hydrogen) atoms. The van der Waals surface area contributed by atoms with Crippen molar-refractivity contribution in [2.24, 2.45) is 0 Å². The predicted molar refractivity (Wildman–Crippen MR) is 112 cm³/mol. The molecule has 7 heteroatoms. The van der Waals surface area contributed by atoms with Crippen LogP contribution in [0.4, 0.5) is 0 Å². The Labute approximate surface area is 170 Å². The number of rotatable bonds is 8. The van der Waals surface area contributed by atoms with Crippen molar-refractivity contribution in [2.45, 2.75) is 43.0 Å². The van der Waals surface area contributed by atoms with Crippen LogP contribution in [-0.4, -0.2) is 64.4 Å². The molecule has 1 fully saturated rings. The molecule has 1 amide bonds. The van der Waals surface area contributed by atoms with Gasteiger partial charge in [0, 0.05) is 19.6 Å². The van der Waals surface area contributed by atoms with E-state index in [2.05, 4.69) is 45.4 Å². The lowest BCUT2D eigenvalue weighted by Gasteiger charge is -2.37. The van der Waals surface area contributed by atoms with Crippen LogP contribution in [0.5, 0.6) is 0 Å². The number of piperidine rings is 1. The number of aryl methyl sites for hydroxylation is 2. The van der Waals surface area contributed by atoms with E-state index in [1.54, 1.807) is 11.3 Å². The monoisotopic (exact) mass is 404 g/mol. The lowest BCUT2D eigenvalue weighted by molar-refractivity contribution is -0.130. The molecule has 0 aliphatic carbocycles. The number of thioether (sulfide) groups is 1. The summed E-state index contributed by atoms with van der Waals surface area (Å²) in [5, 5.41) is 9.03. The molecule has 2 aromatic rings. The number of carbonyl (C=O) groups excluding carboxylic acids is 1. The van der Waals surface area contributed by atoms with Crippen molar-refractivity contribution in [1.29, 1.82) is 0 Å². The quantitative estimate of drug-likeness (QED) is 0.630. The van der Waals surface area contributed by atoms with Gasteiger partial charge in [0.1, 0.15) is 5.01 Å². The minimum atomic E-state index is 0.184. The van der Waals surface area contributed by atoms with Gasteiger partial charge in [-0.3, -0.25) is 4.79 Å². The largest absolute Gasteiger partial charge is 0.341 e. The van der Waals surface area contributed by atoms with Gasteiger partial charge < -0.3 is 9.80 Å². The van der Waals surface area contributed by atoms with E-state index >= 15 is 0 Å². The van der Waals surface area contributed by atoms with Crippen LogP contribution in [0.15, 0.2) is 34.7 Å². The highest BCUT2D eigenvalue weighted by atomic mass is 32.2. The van der Waals surface area contributed by atoms with Crippen molar-refractivity contribution in [3.8, 4) is 0 Å². The number of nitrogens with zero attached hydrogens (tertiary/aromatic N) is 4. The molecule has 1 atom stereocenters. The second-order valence-corrected chi connectivity index (χ2v) is 9.47. The van der Waals surface area contributed by atoms with Crippen LogP contribution in [-0.2, 0) is 11.2 Å². The first kappa shape index (κ1) is 20.3. The average Bonchev–Trinajstić information content (AvgIpc) is 3.12. The molecule has 0 N–H and O–H groups in total. The number of likely N-dealkylation sites (N-methyl/N-ethyl adjacent to an activating group) is 1. The normalized spacial score (nSPS) is 17.8. The topological polar surface area (TPSA) is 49.3 Å². The van der Waals surface area contributed by atoms with E-state index in [4.69, 9.17) is 0 Å². The molecular formula is C20H28N4OS2. The number of amides is 1. The maximum Gasteiger partial charge on any atom is 0.233 e. The summed E-state index contributed by atoms with van der Waals surface area (Å²) >= 11 is 3.04. The van der Waals surface area contributed by atoms with Gasteiger partial charge in [0.15, 0.2) is 4.34 Å². The van der Waals surface area contributed by atoms with Crippen molar-refractivity contribution in [2.75, 3.05) is 32.4 Å². The predicted octanol–water partition coefficient (Wildman–Crippen LogP) is 3.49. The maximum absolute atomic E-state index is 12.6. The van der Waals surface area contributed by atoms with E-state index < -0.39 is 0 Å².